The highest BCUT2D eigenvalue weighted by Gasteiger charge is 2.20. The van der Waals surface area contributed by atoms with Crippen LogP contribution >= 0.6 is 0 Å². The standard InChI is InChI=1S/C61H40N6/c62-39-40-16-12-19-42(34-40)43-20-13-23-46(35-43)57-38-58(66-60(65-57)41-17-2-1-3-18-41)53-30-8-6-28-51(53)49-26-4-5-27-50(49)52-29-7-9-31-54(52)61-64-56-33-11-10-32-55(56)59(67-61)47-24-14-21-44(36-47)45-22-15-25-48(63)37-45/h1-38H,63H2. The average Bonchev–Trinajstić information content (AvgIpc) is 3.40. The first-order chi connectivity index (χ1) is 33.1. The summed E-state index contributed by atoms with van der Waals surface area (Å²) in [5, 5.41) is 10.6. The van der Waals surface area contributed by atoms with Crippen molar-refractivity contribution in [2.45, 2.75) is 0 Å². The van der Waals surface area contributed by atoms with Gasteiger partial charge in [0.2, 0.25) is 0 Å². The molecule has 0 atom stereocenters. The topological polar surface area (TPSA) is 101 Å². The van der Waals surface area contributed by atoms with Crippen LogP contribution in [0.2, 0.25) is 0 Å². The van der Waals surface area contributed by atoms with E-state index in [9.17, 15) is 5.26 Å². The molecule has 11 aromatic rings. The SMILES string of the molecule is N#Cc1cccc(-c2cccc(-c3cc(-c4ccccc4-c4ccccc4-c4ccccc4-c4nc(-c5cccc(-c6cccc(N)c6)c5)c5ccccc5n4)nc(-c4ccccc4)n3)c2)c1. The summed E-state index contributed by atoms with van der Waals surface area (Å²) in [5.74, 6) is 1.26. The summed E-state index contributed by atoms with van der Waals surface area (Å²) in [6, 6.07) is 80.5. The molecule has 0 radical (unpaired) electrons. The number of aromatic nitrogens is 4. The summed E-state index contributed by atoms with van der Waals surface area (Å²) < 4.78 is 0. The Labute approximate surface area is 389 Å². The van der Waals surface area contributed by atoms with E-state index in [1.54, 1.807) is 0 Å². The van der Waals surface area contributed by atoms with Crippen molar-refractivity contribution in [2.75, 3.05) is 5.73 Å². The molecule has 0 amide bonds. The number of anilines is 1. The van der Waals surface area contributed by atoms with Gasteiger partial charge >= 0.3 is 0 Å². The Morgan fingerprint density at radius 3 is 1.52 bits per heavy atom. The summed E-state index contributed by atoms with van der Waals surface area (Å²) in [6.45, 7) is 0. The van der Waals surface area contributed by atoms with Gasteiger partial charge in [-0.25, -0.2) is 19.9 Å². The number of nitrogens with zero attached hydrogens (tertiary/aromatic N) is 5. The van der Waals surface area contributed by atoms with Crippen LogP contribution in [0.1, 0.15) is 5.56 Å². The molecular weight excluding hydrogens is 817 g/mol. The van der Waals surface area contributed by atoms with Crippen molar-refractivity contribution in [3.63, 3.8) is 0 Å². The molecule has 6 heteroatoms. The number of nitrogens with two attached hydrogens (primary N) is 1. The third kappa shape index (κ3) is 8.10. The first-order valence-corrected chi connectivity index (χ1v) is 22.1. The van der Waals surface area contributed by atoms with Crippen molar-refractivity contribution in [2.24, 2.45) is 0 Å². The second-order valence-electron chi connectivity index (χ2n) is 16.4. The van der Waals surface area contributed by atoms with Gasteiger partial charge in [-0.2, -0.15) is 5.26 Å². The van der Waals surface area contributed by atoms with Crippen LogP contribution in [0.15, 0.2) is 231 Å². The lowest BCUT2D eigenvalue weighted by Crippen LogP contribution is -1.99. The Morgan fingerprint density at radius 1 is 0.328 bits per heavy atom. The molecule has 0 aliphatic carbocycles. The molecule has 0 bridgehead atoms. The van der Waals surface area contributed by atoms with E-state index in [0.29, 0.717) is 17.2 Å². The second-order valence-corrected chi connectivity index (χ2v) is 16.4. The van der Waals surface area contributed by atoms with Crippen molar-refractivity contribution < 1.29 is 0 Å². The molecule has 2 N–H and O–H groups in total. The number of rotatable bonds is 9. The molecule has 0 fully saturated rings. The molecule has 0 saturated carbocycles. The van der Waals surface area contributed by atoms with E-state index in [2.05, 4.69) is 146 Å². The Hall–Kier alpha value is -9.31. The molecule has 314 valence electrons. The van der Waals surface area contributed by atoms with Gasteiger partial charge < -0.3 is 5.73 Å². The zero-order valence-corrected chi connectivity index (χ0v) is 36.3. The van der Waals surface area contributed by atoms with Crippen LogP contribution in [-0.2, 0) is 0 Å². The van der Waals surface area contributed by atoms with E-state index in [4.69, 9.17) is 25.7 Å². The third-order valence-electron chi connectivity index (χ3n) is 12.1. The minimum Gasteiger partial charge on any atom is -0.399 e. The predicted octanol–water partition coefficient (Wildman–Crippen LogP) is 14.9. The van der Waals surface area contributed by atoms with E-state index in [1.807, 2.05) is 91.0 Å². The molecule has 2 aromatic heterocycles. The van der Waals surface area contributed by atoms with Gasteiger partial charge in [0.15, 0.2) is 11.6 Å². The Bertz CT molecular complexity index is 3680. The van der Waals surface area contributed by atoms with Crippen molar-refractivity contribution >= 4 is 16.6 Å². The first kappa shape index (κ1) is 40.5. The van der Waals surface area contributed by atoms with E-state index in [0.717, 1.165) is 106 Å². The van der Waals surface area contributed by atoms with Gasteiger partial charge in [-0.15, -0.1) is 0 Å². The molecule has 67 heavy (non-hydrogen) atoms. The van der Waals surface area contributed by atoms with E-state index >= 15 is 0 Å². The second kappa shape index (κ2) is 17.7. The van der Waals surface area contributed by atoms with Gasteiger partial charge in [0.05, 0.1) is 34.2 Å². The number of hydrogen-bond acceptors (Lipinski definition) is 6. The van der Waals surface area contributed by atoms with Gasteiger partial charge in [-0.05, 0) is 93.0 Å². The lowest BCUT2D eigenvalue weighted by Gasteiger charge is -2.18. The Balaban J connectivity index is 1.05. The minimum atomic E-state index is 0.615. The van der Waals surface area contributed by atoms with Crippen LogP contribution in [0.3, 0.4) is 0 Å². The molecule has 9 aromatic carbocycles. The maximum Gasteiger partial charge on any atom is 0.161 e. The Morgan fingerprint density at radius 2 is 0.821 bits per heavy atom. The predicted molar refractivity (Wildman–Crippen MR) is 273 cm³/mol. The zero-order chi connectivity index (χ0) is 45.1. The summed E-state index contributed by atoms with van der Waals surface area (Å²) in [4.78, 5) is 21.1. The molecule has 2 heterocycles. The average molecular weight is 857 g/mol. The smallest absolute Gasteiger partial charge is 0.161 e. The minimum absolute atomic E-state index is 0.615. The highest BCUT2D eigenvalue weighted by molar-refractivity contribution is 5.98. The van der Waals surface area contributed by atoms with E-state index in [-0.39, 0.29) is 0 Å². The molecule has 6 nitrogen and oxygen atoms in total. The van der Waals surface area contributed by atoms with Crippen LogP contribution in [-0.4, -0.2) is 19.9 Å². The summed E-state index contributed by atoms with van der Waals surface area (Å²) in [7, 11) is 0. The largest absolute Gasteiger partial charge is 0.399 e. The fourth-order valence-corrected chi connectivity index (χ4v) is 8.86. The van der Waals surface area contributed by atoms with Crippen molar-refractivity contribution in [3.8, 4) is 107 Å². The van der Waals surface area contributed by atoms with Crippen molar-refractivity contribution in [3.05, 3.63) is 236 Å². The highest BCUT2D eigenvalue weighted by atomic mass is 14.9. The van der Waals surface area contributed by atoms with Gasteiger partial charge in [0, 0.05) is 38.9 Å². The van der Waals surface area contributed by atoms with Crippen LogP contribution in [0.5, 0.6) is 0 Å². The first-order valence-electron chi connectivity index (χ1n) is 22.1. The van der Waals surface area contributed by atoms with Gasteiger partial charge in [-0.1, -0.05) is 182 Å². The molecule has 0 aliphatic heterocycles. The van der Waals surface area contributed by atoms with Crippen molar-refractivity contribution in [1.29, 1.82) is 5.26 Å². The summed E-state index contributed by atoms with van der Waals surface area (Å²) >= 11 is 0. The lowest BCUT2D eigenvalue weighted by atomic mass is 9.88. The fourth-order valence-electron chi connectivity index (χ4n) is 8.86. The maximum absolute atomic E-state index is 9.62. The van der Waals surface area contributed by atoms with Gasteiger partial charge in [0.1, 0.15) is 0 Å². The van der Waals surface area contributed by atoms with Crippen molar-refractivity contribution in [1.82, 2.24) is 19.9 Å². The monoisotopic (exact) mass is 856 g/mol. The highest BCUT2D eigenvalue weighted by Crippen LogP contribution is 2.42. The maximum atomic E-state index is 9.62. The van der Waals surface area contributed by atoms with E-state index in [1.165, 1.54) is 0 Å². The zero-order valence-electron chi connectivity index (χ0n) is 36.3. The molecule has 0 aliphatic rings. The van der Waals surface area contributed by atoms with Crippen LogP contribution < -0.4 is 5.73 Å². The fraction of sp³-hybridized carbons (Fsp3) is 0. The van der Waals surface area contributed by atoms with Gasteiger partial charge in [0.25, 0.3) is 0 Å². The third-order valence-corrected chi connectivity index (χ3v) is 12.1. The lowest BCUT2D eigenvalue weighted by molar-refractivity contribution is 1.18. The summed E-state index contributed by atoms with van der Waals surface area (Å²) in [6.07, 6.45) is 0. The number of fused-ring (bicyclic) bond motifs is 1. The summed E-state index contributed by atoms with van der Waals surface area (Å²) in [5.41, 5.74) is 23.8. The number of benzene rings is 9. The number of para-hydroxylation sites is 1. The molecule has 0 unspecified atom stereocenters. The van der Waals surface area contributed by atoms with Crippen LogP contribution in [0.4, 0.5) is 5.69 Å². The number of hydrogen-bond donors (Lipinski definition) is 1. The normalized spacial score (nSPS) is 11.0. The quantitative estimate of drug-likeness (QED) is 0.145. The van der Waals surface area contributed by atoms with E-state index < -0.39 is 0 Å². The molecular formula is C61H40N6. The number of nitriles is 1. The van der Waals surface area contributed by atoms with Crippen LogP contribution in [0, 0.1) is 11.3 Å². The molecule has 0 spiro atoms. The van der Waals surface area contributed by atoms with Crippen LogP contribution in [0.25, 0.3) is 112 Å². The molecule has 0 saturated heterocycles. The number of nitrogen functional groups attached to an aromatic ring is 1. The Kier molecular flexibility index (Phi) is 10.7. The van der Waals surface area contributed by atoms with Gasteiger partial charge in [-0.3, -0.25) is 0 Å². The molecule has 11 rings (SSSR count).